The van der Waals surface area contributed by atoms with E-state index in [1.807, 2.05) is 19.2 Å². The van der Waals surface area contributed by atoms with Crippen molar-refractivity contribution in [2.75, 3.05) is 0 Å². The Labute approximate surface area is 137 Å². The molecule has 0 bridgehead atoms. The quantitative estimate of drug-likeness (QED) is 0.756. The molecule has 2 heterocycles. The highest BCUT2D eigenvalue weighted by molar-refractivity contribution is 5.93. The molecule has 0 saturated carbocycles. The summed E-state index contributed by atoms with van der Waals surface area (Å²) < 4.78 is 5.65. The Morgan fingerprint density at radius 3 is 3.12 bits per heavy atom. The van der Waals surface area contributed by atoms with Gasteiger partial charge in [0, 0.05) is 24.2 Å². The summed E-state index contributed by atoms with van der Waals surface area (Å²) in [6.07, 6.45) is 4.25. The van der Waals surface area contributed by atoms with Crippen LogP contribution in [0.1, 0.15) is 33.8 Å². The number of hydrogen-bond donors (Lipinski definition) is 2. The molecule has 0 radical (unpaired) electrons. The zero-order valence-corrected chi connectivity index (χ0v) is 13.3. The van der Waals surface area contributed by atoms with Crippen LogP contribution in [0, 0.1) is 6.92 Å². The van der Waals surface area contributed by atoms with E-state index < -0.39 is 0 Å². The van der Waals surface area contributed by atoms with Gasteiger partial charge in [0.1, 0.15) is 5.58 Å². The van der Waals surface area contributed by atoms with E-state index in [2.05, 4.69) is 15.5 Å². The van der Waals surface area contributed by atoms with Gasteiger partial charge in [-0.05, 0) is 43.0 Å². The molecule has 1 aliphatic carbocycles. The monoisotopic (exact) mass is 323 g/mol. The summed E-state index contributed by atoms with van der Waals surface area (Å²) >= 11 is 0. The van der Waals surface area contributed by atoms with Crippen molar-refractivity contribution >= 4 is 16.9 Å². The van der Waals surface area contributed by atoms with Crippen LogP contribution in [0.5, 0.6) is 0 Å². The first-order valence-electron chi connectivity index (χ1n) is 7.96. The third-order valence-electron chi connectivity index (χ3n) is 4.46. The number of rotatable bonds is 2. The molecule has 0 spiro atoms. The average Bonchev–Trinajstić information content (AvgIpc) is 3.02. The minimum atomic E-state index is -0.358. The van der Waals surface area contributed by atoms with Crippen LogP contribution in [0.3, 0.4) is 0 Å². The molecule has 24 heavy (non-hydrogen) atoms. The van der Waals surface area contributed by atoms with Crippen LogP contribution in [0.25, 0.3) is 11.0 Å². The maximum atomic E-state index is 12.5. The second-order valence-electron chi connectivity index (χ2n) is 6.26. The summed E-state index contributed by atoms with van der Waals surface area (Å²) in [4.78, 5) is 24.7. The number of benzene rings is 1. The molecule has 1 aliphatic rings. The van der Waals surface area contributed by atoms with Gasteiger partial charge < -0.3 is 9.73 Å². The number of H-pyrrole nitrogens is 1. The fourth-order valence-corrected chi connectivity index (χ4v) is 3.16. The first-order chi connectivity index (χ1) is 11.6. The largest absolute Gasteiger partial charge is 0.451 e. The number of carbonyl (C=O) groups excluding carboxylic acids is 1. The Bertz CT molecular complexity index is 987. The van der Waals surface area contributed by atoms with Gasteiger partial charge in [-0.2, -0.15) is 5.10 Å². The van der Waals surface area contributed by atoms with Crippen molar-refractivity contribution in [1.29, 1.82) is 0 Å². The van der Waals surface area contributed by atoms with Crippen LogP contribution >= 0.6 is 0 Å². The summed E-state index contributed by atoms with van der Waals surface area (Å²) in [7, 11) is 0. The van der Waals surface area contributed by atoms with Gasteiger partial charge in [0.2, 0.25) is 0 Å². The summed E-state index contributed by atoms with van der Waals surface area (Å²) in [5, 5.41) is 10.4. The molecule has 1 atom stereocenters. The summed E-state index contributed by atoms with van der Waals surface area (Å²) in [5.41, 5.74) is 3.46. The number of nitrogens with one attached hydrogen (secondary N) is 2. The number of fused-ring (bicyclic) bond motifs is 2. The van der Waals surface area contributed by atoms with Crippen LogP contribution in [0.15, 0.2) is 39.7 Å². The summed E-state index contributed by atoms with van der Waals surface area (Å²) in [6.45, 7) is 1.91. The lowest BCUT2D eigenvalue weighted by atomic mass is 9.94. The fourth-order valence-electron chi connectivity index (χ4n) is 3.16. The van der Waals surface area contributed by atoms with Crippen LogP contribution in [0.4, 0.5) is 0 Å². The number of aromatic amines is 1. The van der Waals surface area contributed by atoms with Gasteiger partial charge in [0.25, 0.3) is 5.91 Å². The molecule has 6 nitrogen and oxygen atoms in total. The van der Waals surface area contributed by atoms with Crippen molar-refractivity contribution < 1.29 is 9.21 Å². The van der Waals surface area contributed by atoms with Gasteiger partial charge >= 0.3 is 0 Å². The van der Waals surface area contributed by atoms with Crippen molar-refractivity contribution in [3.63, 3.8) is 0 Å². The second-order valence-corrected chi connectivity index (χ2v) is 6.26. The van der Waals surface area contributed by atoms with E-state index in [9.17, 15) is 9.59 Å². The zero-order chi connectivity index (χ0) is 16.7. The van der Waals surface area contributed by atoms with Crippen molar-refractivity contribution in [3.8, 4) is 0 Å². The van der Waals surface area contributed by atoms with Crippen molar-refractivity contribution in [3.05, 3.63) is 63.3 Å². The van der Waals surface area contributed by atoms with Crippen molar-refractivity contribution in [2.45, 2.75) is 32.2 Å². The van der Waals surface area contributed by atoms with Gasteiger partial charge in [-0.15, -0.1) is 0 Å². The average molecular weight is 323 g/mol. The van der Waals surface area contributed by atoms with E-state index in [1.165, 1.54) is 11.6 Å². The van der Waals surface area contributed by atoms with E-state index >= 15 is 0 Å². The van der Waals surface area contributed by atoms with Gasteiger partial charge in [-0.1, -0.05) is 6.07 Å². The second kappa shape index (κ2) is 5.63. The SMILES string of the molecule is Cc1ccc2c(=O)cc(C(=O)NC3CCc4cn[nH]c4C3)oc2c1. The van der Waals surface area contributed by atoms with E-state index in [1.54, 1.807) is 12.1 Å². The highest BCUT2D eigenvalue weighted by Crippen LogP contribution is 2.19. The minimum absolute atomic E-state index is 0.00367. The highest BCUT2D eigenvalue weighted by atomic mass is 16.3. The lowest BCUT2D eigenvalue weighted by Crippen LogP contribution is -2.39. The van der Waals surface area contributed by atoms with Gasteiger partial charge in [0.05, 0.1) is 11.6 Å². The van der Waals surface area contributed by atoms with E-state index in [0.29, 0.717) is 17.4 Å². The predicted octanol–water partition coefficient (Wildman–Crippen LogP) is 2.11. The van der Waals surface area contributed by atoms with Crippen LogP contribution in [-0.2, 0) is 12.8 Å². The Balaban J connectivity index is 1.59. The molecular weight excluding hydrogens is 306 g/mol. The number of aryl methyl sites for hydroxylation is 2. The summed E-state index contributed by atoms with van der Waals surface area (Å²) in [5.74, 6) is -0.308. The topological polar surface area (TPSA) is 88.0 Å². The molecule has 0 aliphatic heterocycles. The van der Waals surface area contributed by atoms with Crippen LogP contribution in [0.2, 0.25) is 0 Å². The van der Waals surface area contributed by atoms with Gasteiger partial charge in [-0.25, -0.2) is 0 Å². The lowest BCUT2D eigenvalue weighted by molar-refractivity contribution is 0.0906. The fraction of sp³-hybridized carbons (Fsp3) is 0.278. The molecule has 2 N–H and O–H groups in total. The third kappa shape index (κ3) is 2.60. The van der Waals surface area contributed by atoms with Crippen LogP contribution < -0.4 is 10.7 Å². The maximum absolute atomic E-state index is 12.5. The maximum Gasteiger partial charge on any atom is 0.287 e. The Kier molecular flexibility index (Phi) is 3.45. The molecule has 1 unspecified atom stereocenters. The Morgan fingerprint density at radius 1 is 1.38 bits per heavy atom. The minimum Gasteiger partial charge on any atom is -0.451 e. The third-order valence-corrected chi connectivity index (χ3v) is 4.46. The molecular formula is C18H17N3O3. The molecule has 122 valence electrons. The molecule has 4 rings (SSSR count). The zero-order valence-electron chi connectivity index (χ0n) is 13.3. The van der Waals surface area contributed by atoms with E-state index in [0.717, 1.165) is 24.1 Å². The standard InChI is InChI=1S/C18H17N3O3/c1-10-2-5-13-15(22)8-17(24-16(13)6-10)18(23)20-12-4-3-11-9-19-21-14(11)7-12/h2,5-6,8-9,12H,3-4,7H2,1H3,(H,19,21)(H,20,23). The summed E-state index contributed by atoms with van der Waals surface area (Å²) in [6, 6.07) is 6.61. The van der Waals surface area contributed by atoms with Gasteiger partial charge in [-0.3, -0.25) is 14.7 Å². The van der Waals surface area contributed by atoms with E-state index in [-0.39, 0.29) is 23.1 Å². The molecule has 2 aromatic heterocycles. The smallest absolute Gasteiger partial charge is 0.287 e. The number of nitrogens with zero attached hydrogens (tertiary/aromatic N) is 1. The Hall–Kier alpha value is -2.89. The number of aromatic nitrogens is 2. The lowest BCUT2D eigenvalue weighted by Gasteiger charge is -2.22. The first-order valence-corrected chi connectivity index (χ1v) is 7.96. The van der Waals surface area contributed by atoms with E-state index in [4.69, 9.17) is 4.42 Å². The Morgan fingerprint density at radius 2 is 2.25 bits per heavy atom. The number of amides is 1. The van der Waals surface area contributed by atoms with Crippen molar-refractivity contribution in [2.24, 2.45) is 0 Å². The predicted molar refractivity (Wildman–Crippen MR) is 89.1 cm³/mol. The number of hydrogen-bond acceptors (Lipinski definition) is 4. The molecule has 0 saturated heterocycles. The molecule has 0 fully saturated rings. The molecule has 3 aromatic rings. The van der Waals surface area contributed by atoms with Gasteiger partial charge in [0.15, 0.2) is 11.2 Å². The first kappa shape index (κ1) is 14.7. The highest BCUT2D eigenvalue weighted by Gasteiger charge is 2.23. The van der Waals surface area contributed by atoms with Crippen LogP contribution in [-0.4, -0.2) is 22.1 Å². The molecule has 1 aromatic carbocycles. The molecule has 1 amide bonds. The molecule has 6 heteroatoms. The number of carbonyl (C=O) groups is 1. The normalized spacial score (nSPS) is 16.8. The van der Waals surface area contributed by atoms with Crippen molar-refractivity contribution in [1.82, 2.24) is 15.5 Å².